The average molecular weight is 274 g/mol. The van der Waals surface area contributed by atoms with Crippen molar-refractivity contribution in [3.63, 3.8) is 0 Å². The topological polar surface area (TPSA) is 29.3 Å². The van der Waals surface area contributed by atoms with E-state index in [0.717, 1.165) is 16.8 Å². The summed E-state index contributed by atoms with van der Waals surface area (Å²) in [6.45, 7) is 0.696. The minimum Gasteiger partial charge on any atom is -0.389 e. The maximum absolute atomic E-state index is 13.2. The first-order valence-electron chi connectivity index (χ1n) is 5.92. The molecule has 0 aliphatic heterocycles. The van der Waals surface area contributed by atoms with E-state index in [1.54, 1.807) is 6.07 Å². The number of hydrogen-bond acceptors (Lipinski definition) is 2. The SMILES string of the molecule is CN(Cc1ccc(C(N)=S)cc1)c1cccc(F)c1. The summed E-state index contributed by atoms with van der Waals surface area (Å²) in [5.41, 5.74) is 8.37. The Kier molecular flexibility index (Phi) is 4.12. The molecule has 98 valence electrons. The van der Waals surface area contributed by atoms with Crippen LogP contribution < -0.4 is 10.6 Å². The van der Waals surface area contributed by atoms with Crippen LogP contribution in [0.5, 0.6) is 0 Å². The quantitative estimate of drug-likeness (QED) is 0.869. The third-order valence-electron chi connectivity index (χ3n) is 2.91. The Morgan fingerprint density at radius 3 is 2.47 bits per heavy atom. The zero-order valence-corrected chi connectivity index (χ0v) is 11.5. The number of thiocarbonyl (C=S) groups is 1. The van der Waals surface area contributed by atoms with E-state index in [2.05, 4.69) is 0 Å². The van der Waals surface area contributed by atoms with E-state index in [1.807, 2.05) is 42.3 Å². The van der Waals surface area contributed by atoms with Gasteiger partial charge in [-0.15, -0.1) is 0 Å². The Hall–Kier alpha value is -1.94. The highest BCUT2D eigenvalue weighted by Crippen LogP contribution is 2.16. The fourth-order valence-electron chi connectivity index (χ4n) is 1.85. The molecule has 0 saturated carbocycles. The van der Waals surface area contributed by atoms with Crippen molar-refractivity contribution in [2.75, 3.05) is 11.9 Å². The largest absolute Gasteiger partial charge is 0.389 e. The number of nitrogens with zero attached hydrogens (tertiary/aromatic N) is 1. The first-order valence-corrected chi connectivity index (χ1v) is 6.32. The molecule has 0 saturated heterocycles. The van der Waals surface area contributed by atoms with Gasteiger partial charge in [0.05, 0.1) is 0 Å². The normalized spacial score (nSPS) is 10.2. The van der Waals surface area contributed by atoms with E-state index in [1.165, 1.54) is 12.1 Å². The molecule has 2 N–H and O–H groups in total. The summed E-state index contributed by atoms with van der Waals surface area (Å²) in [5, 5.41) is 0. The van der Waals surface area contributed by atoms with E-state index in [0.29, 0.717) is 11.5 Å². The standard InChI is InChI=1S/C15H15FN2S/c1-18(14-4-2-3-13(16)9-14)10-11-5-7-12(8-6-11)15(17)19/h2-9H,10H2,1H3,(H2,17,19). The molecule has 2 aromatic rings. The molecule has 0 amide bonds. The monoisotopic (exact) mass is 274 g/mol. The molecule has 2 rings (SSSR count). The second kappa shape index (κ2) is 5.80. The predicted octanol–water partition coefficient (Wildman–Crippen LogP) is 3.10. The Morgan fingerprint density at radius 1 is 1.21 bits per heavy atom. The molecule has 0 fully saturated rings. The van der Waals surface area contributed by atoms with Crippen LogP contribution in [-0.4, -0.2) is 12.0 Å². The zero-order chi connectivity index (χ0) is 13.8. The number of nitrogens with two attached hydrogens (primary N) is 1. The van der Waals surface area contributed by atoms with Gasteiger partial charge >= 0.3 is 0 Å². The summed E-state index contributed by atoms with van der Waals surface area (Å²) in [5.74, 6) is -0.229. The van der Waals surface area contributed by atoms with E-state index in [9.17, 15) is 4.39 Å². The molecule has 0 radical (unpaired) electrons. The maximum Gasteiger partial charge on any atom is 0.125 e. The van der Waals surface area contributed by atoms with Gasteiger partial charge in [0, 0.05) is 24.8 Å². The van der Waals surface area contributed by atoms with E-state index < -0.39 is 0 Å². The van der Waals surface area contributed by atoms with Crippen LogP contribution in [-0.2, 0) is 6.54 Å². The van der Waals surface area contributed by atoms with Gasteiger partial charge in [-0.2, -0.15) is 0 Å². The highest BCUT2D eigenvalue weighted by molar-refractivity contribution is 7.80. The molecule has 0 aliphatic rings. The van der Waals surface area contributed by atoms with Crippen molar-refractivity contribution in [2.45, 2.75) is 6.54 Å². The lowest BCUT2D eigenvalue weighted by atomic mass is 10.1. The minimum absolute atomic E-state index is 0.229. The average Bonchev–Trinajstić information content (AvgIpc) is 2.39. The highest BCUT2D eigenvalue weighted by atomic mass is 32.1. The van der Waals surface area contributed by atoms with E-state index in [-0.39, 0.29) is 5.82 Å². The van der Waals surface area contributed by atoms with Crippen molar-refractivity contribution in [1.29, 1.82) is 0 Å². The molecule has 4 heteroatoms. The molecular formula is C15H15FN2S. The van der Waals surface area contributed by atoms with Gasteiger partial charge in [0.25, 0.3) is 0 Å². The lowest BCUT2D eigenvalue weighted by Crippen LogP contribution is -2.16. The fraction of sp³-hybridized carbons (Fsp3) is 0.133. The molecule has 0 spiro atoms. The van der Waals surface area contributed by atoms with Gasteiger partial charge in [0.1, 0.15) is 10.8 Å². The third kappa shape index (κ3) is 3.51. The van der Waals surface area contributed by atoms with Gasteiger partial charge in [0.2, 0.25) is 0 Å². The molecular weight excluding hydrogens is 259 g/mol. The van der Waals surface area contributed by atoms with Crippen LogP contribution in [0, 0.1) is 5.82 Å². The van der Waals surface area contributed by atoms with Crippen molar-refractivity contribution in [2.24, 2.45) is 5.73 Å². The second-order valence-corrected chi connectivity index (χ2v) is 4.84. The maximum atomic E-state index is 13.2. The van der Waals surface area contributed by atoms with Crippen LogP contribution in [0.4, 0.5) is 10.1 Å². The summed E-state index contributed by atoms with van der Waals surface area (Å²) in [6.07, 6.45) is 0. The van der Waals surface area contributed by atoms with Gasteiger partial charge in [-0.25, -0.2) is 4.39 Å². The second-order valence-electron chi connectivity index (χ2n) is 4.40. The Bertz CT molecular complexity index is 581. The highest BCUT2D eigenvalue weighted by Gasteiger charge is 2.04. The first-order chi connectivity index (χ1) is 9.06. The van der Waals surface area contributed by atoms with Crippen LogP contribution in [0.15, 0.2) is 48.5 Å². The minimum atomic E-state index is -0.229. The number of anilines is 1. The van der Waals surface area contributed by atoms with Gasteiger partial charge in [0.15, 0.2) is 0 Å². The van der Waals surface area contributed by atoms with Crippen LogP contribution in [0.25, 0.3) is 0 Å². The van der Waals surface area contributed by atoms with E-state index >= 15 is 0 Å². The van der Waals surface area contributed by atoms with Crippen molar-refractivity contribution in [3.8, 4) is 0 Å². The molecule has 0 unspecified atom stereocenters. The van der Waals surface area contributed by atoms with Crippen molar-refractivity contribution < 1.29 is 4.39 Å². The summed E-state index contributed by atoms with van der Waals surface area (Å²) >= 11 is 4.91. The third-order valence-corrected chi connectivity index (χ3v) is 3.14. The molecule has 0 aliphatic carbocycles. The first kappa shape index (κ1) is 13.5. The summed E-state index contributed by atoms with van der Waals surface area (Å²) in [6, 6.07) is 14.3. The van der Waals surface area contributed by atoms with Crippen LogP contribution in [0.3, 0.4) is 0 Å². The zero-order valence-electron chi connectivity index (χ0n) is 10.6. The van der Waals surface area contributed by atoms with Crippen LogP contribution in [0.1, 0.15) is 11.1 Å². The summed E-state index contributed by atoms with van der Waals surface area (Å²) in [4.78, 5) is 2.38. The van der Waals surface area contributed by atoms with Crippen molar-refractivity contribution >= 4 is 22.9 Å². The van der Waals surface area contributed by atoms with E-state index in [4.69, 9.17) is 18.0 Å². The molecule has 0 bridgehead atoms. The lowest BCUT2D eigenvalue weighted by molar-refractivity contribution is 0.627. The van der Waals surface area contributed by atoms with Gasteiger partial charge in [-0.1, -0.05) is 42.5 Å². The number of benzene rings is 2. The molecule has 2 nitrogen and oxygen atoms in total. The molecule has 0 atom stereocenters. The predicted molar refractivity (Wildman–Crippen MR) is 80.8 cm³/mol. The smallest absolute Gasteiger partial charge is 0.125 e. The van der Waals surface area contributed by atoms with Gasteiger partial charge < -0.3 is 10.6 Å². The Labute approximate surface area is 117 Å². The van der Waals surface area contributed by atoms with Crippen molar-refractivity contribution in [3.05, 3.63) is 65.5 Å². The fourth-order valence-corrected chi connectivity index (χ4v) is 1.99. The lowest BCUT2D eigenvalue weighted by Gasteiger charge is -2.19. The number of hydrogen-bond donors (Lipinski definition) is 1. The van der Waals surface area contributed by atoms with Crippen LogP contribution >= 0.6 is 12.2 Å². The number of rotatable bonds is 4. The Balaban J connectivity index is 2.10. The Morgan fingerprint density at radius 2 is 1.89 bits per heavy atom. The summed E-state index contributed by atoms with van der Waals surface area (Å²) < 4.78 is 13.2. The number of halogens is 1. The van der Waals surface area contributed by atoms with Gasteiger partial charge in [-0.05, 0) is 23.8 Å². The summed E-state index contributed by atoms with van der Waals surface area (Å²) in [7, 11) is 1.93. The van der Waals surface area contributed by atoms with Gasteiger partial charge in [-0.3, -0.25) is 0 Å². The molecule has 19 heavy (non-hydrogen) atoms. The molecule has 2 aromatic carbocycles. The molecule has 0 aromatic heterocycles. The van der Waals surface area contributed by atoms with Crippen molar-refractivity contribution in [1.82, 2.24) is 0 Å². The molecule has 0 heterocycles. The van der Waals surface area contributed by atoms with Crippen LogP contribution in [0.2, 0.25) is 0 Å².